The van der Waals surface area contributed by atoms with Gasteiger partial charge in [-0.3, -0.25) is 10.1 Å². The van der Waals surface area contributed by atoms with Crippen molar-refractivity contribution in [3.63, 3.8) is 0 Å². The SMILES string of the molecule is Cc1cc(NC(=O)C(C)c2cccc(N)c2)on1. The largest absolute Gasteiger partial charge is 0.399 e. The first-order valence-corrected chi connectivity index (χ1v) is 5.66. The summed E-state index contributed by atoms with van der Waals surface area (Å²) in [5.74, 6) is -0.107. The van der Waals surface area contributed by atoms with Gasteiger partial charge in [-0.25, -0.2) is 0 Å². The van der Waals surface area contributed by atoms with Gasteiger partial charge in [0, 0.05) is 11.8 Å². The van der Waals surface area contributed by atoms with E-state index in [4.69, 9.17) is 10.3 Å². The molecule has 0 aliphatic heterocycles. The molecule has 1 amide bonds. The minimum absolute atomic E-state index is 0.156. The van der Waals surface area contributed by atoms with Crippen molar-refractivity contribution in [2.75, 3.05) is 11.1 Å². The topological polar surface area (TPSA) is 81.2 Å². The second-order valence-corrected chi connectivity index (χ2v) is 4.21. The Balaban J connectivity index is 2.09. The average molecular weight is 245 g/mol. The molecule has 94 valence electrons. The first-order valence-electron chi connectivity index (χ1n) is 5.66. The third-order valence-corrected chi connectivity index (χ3v) is 2.68. The Labute approximate surface area is 105 Å². The monoisotopic (exact) mass is 245 g/mol. The summed E-state index contributed by atoms with van der Waals surface area (Å²) in [6.45, 7) is 3.60. The highest BCUT2D eigenvalue weighted by molar-refractivity contribution is 5.94. The van der Waals surface area contributed by atoms with Gasteiger partial charge in [0.1, 0.15) is 0 Å². The summed E-state index contributed by atoms with van der Waals surface area (Å²) in [5.41, 5.74) is 7.92. The maximum atomic E-state index is 12.0. The van der Waals surface area contributed by atoms with Crippen molar-refractivity contribution in [3.05, 3.63) is 41.6 Å². The maximum Gasteiger partial charge on any atom is 0.234 e. The van der Waals surface area contributed by atoms with Crippen molar-refractivity contribution in [1.82, 2.24) is 5.16 Å². The molecule has 1 heterocycles. The molecule has 2 aromatic rings. The number of carbonyl (C=O) groups is 1. The molecule has 5 heteroatoms. The van der Waals surface area contributed by atoms with E-state index in [9.17, 15) is 4.79 Å². The van der Waals surface area contributed by atoms with Crippen molar-refractivity contribution in [1.29, 1.82) is 0 Å². The number of nitrogens with zero attached hydrogens (tertiary/aromatic N) is 1. The minimum Gasteiger partial charge on any atom is -0.399 e. The van der Waals surface area contributed by atoms with Crippen LogP contribution >= 0.6 is 0 Å². The number of anilines is 2. The molecule has 0 radical (unpaired) electrons. The maximum absolute atomic E-state index is 12.0. The molecule has 0 bridgehead atoms. The number of amides is 1. The fraction of sp³-hybridized carbons (Fsp3) is 0.231. The van der Waals surface area contributed by atoms with Crippen molar-refractivity contribution < 1.29 is 9.32 Å². The normalized spacial score (nSPS) is 12.1. The summed E-state index contributed by atoms with van der Waals surface area (Å²) >= 11 is 0. The second kappa shape index (κ2) is 4.91. The van der Waals surface area contributed by atoms with Gasteiger partial charge in [-0.2, -0.15) is 0 Å². The summed E-state index contributed by atoms with van der Waals surface area (Å²) in [6, 6.07) is 8.94. The molecule has 1 aromatic heterocycles. The average Bonchev–Trinajstić information content (AvgIpc) is 2.73. The van der Waals surface area contributed by atoms with Crippen molar-refractivity contribution in [2.45, 2.75) is 19.8 Å². The predicted octanol–water partition coefficient (Wildman–Crippen LogP) is 2.31. The van der Waals surface area contributed by atoms with E-state index in [0.29, 0.717) is 11.6 Å². The van der Waals surface area contributed by atoms with Gasteiger partial charge in [0.15, 0.2) is 0 Å². The number of nitrogens with one attached hydrogen (secondary N) is 1. The number of nitrogens with two attached hydrogens (primary N) is 1. The molecule has 1 unspecified atom stereocenters. The number of aromatic nitrogens is 1. The summed E-state index contributed by atoms with van der Waals surface area (Å²) in [7, 11) is 0. The number of hydrogen-bond donors (Lipinski definition) is 2. The lowest BCUT2D eigenvalue weighted by atomic mass is 10.00. The van der Waals surface area contributed by atoms with Crippen LogP contribution in [0.1, 0.15) is 24.1 Å². The summed E-state index contributed by atoms with van der Waals surface area (Å²) in [4.78, 5) is 12.0. The molecule has 0 fully saturated rings. The molecule has 18 heavy (non-hydrogen) atoms. The first kappa shape index (κ1) is 12.2. The number of nitrogen functional groups attached to an aromatic ring is 1. The third kappa shape index (κ3) is 2.68. The van der Waals surface area contributed by atoms with Crippen molar-refractivity contribution >= 4 is 17.5 Å². The Morgan fingerprint density at radius 2 is 2.22 bits per heavy atom. The van der Waals surface area contributed by atoms with Crippen LogP contribution in [0.15, 0.2) is 34.9 Å². The number of aryl methyl sites for hydroxylation is 1. The Bertz CT molecular complexity index is 563. The summed E-state index contributed by atoms with van der Waals surface area (Å²) in [6.07, 6.45) is 0. The molecule has 5 nitrogen and oxygen atoms in total. The van der Waals surface area contributed by atoms with E-state index in [1.54, 1.807) is 25.1 Å². The Morgan fingerprint density at radius 1 is 1.44 bits per heavy atom. The first-order chi connectivity index (χ1) is 8.56. The third-order valence-electron chi connectivity index (χ3n) is 2.68. The molecular weight excluding hydrogens is 230 g/mol. The molecule has 2 rings (SSSR count). The van der Waals surface area contributed by atoms with E-state index in [1.165, 1.54) is 0 Å². The van der Waals surface area contributed by atoms with Crippen molar-refractivity contribution in [3.8, 4) is 0 Å². The van der Waals surface area contributed by atoms with Gasteiger partial charge in [-0.1, -0.05) is 17.3 Å². The molecule has 0 aliphatic carbocycles. The van der Waals surface area contributed by atoms with Crippen molar-refractivity contribution in [2.24, 2.45) is 0 Å². The Kier molecular flexibility index (Phi) is 3.32. The lowest BCUT2D eigenvalue weighted by molar-refractivity contribution is -0.117. The van der Waals surface area contributed by atoms with Crippen LogP contribution < -0.4 is 11.1 Å². The van der Waals surface area contributed by atoms with Crippen LogP contribution in [-0.4, -0.2) is 11.1 Å². The molecule has 0 saturated heterocycles. The van der Waals surface area contributed by atoms with E-state index in [-0.39, 0.29) is 11.8 Å². The number of hydrogen-bond acceptors (Lipinski definition) is 4. The quantitative estimate of drug-likeness (QED) is 0.813. The highest BCUT2D eigenvalue weighted by atomic mass is 16.5. The van der Waals surface area contributed by atoms with E-state index in [1.807, 2.05) is 19.1 Å². The van der Waals surface area contributed by atoms with Gasteiger partial charge in [0.25, 0.3) is 0 Å². The minimum atomic E-state index is -0.307. The summed E-state index contributed by atoms with van der Waals surface area (Å²) in [5, 5.41) is 6.38. The smallest absolute Gasteiger partial charge is 0.234 e. The van der Waals surface area contributed by atoms with E-state index in [2.05, 4.69) is 10.5 Å². The van der Waals surface area contributed by atoms with Crippen LogP contribution in [0.2, 0.25) is 0 Å². The van der Waals surface area contributed by atoms with Crippen LogP contribution in [0.25, 0.3) is 0 Å². The van der Waals surface area contributed by atoms with Gasteiger partial charge in [0.2, 0.25) is 11.8 Å². The van der Waals surface area contributed by atoms with Gasteiger partial charge in [-0.15, -0.1) is 0 Å². The van der Waals surface area contributed by atoms with Crippen LogP contribution in [0, 0.1) is 6.92 Å². The Hall–Kier alpha value is -2.30. The van der Waals surface area contributed by atoms with Gasteiger partial charge in [0.05, 0.1) is 11.6 Å². The molecule has 1 aromatic carbocycles. The zero-order valence-corrected chi connectivity index (χ0v) is 10.3. The van der Waals surface area contributed by atoms with Gasteiger partial charge >= 0.3 is 0 Å². The molecule has 1 atom stereocenters. The zero-order chi connectivity index (χ0) is 13.1. The summed E-state index contributed by atoms with van der Waals surface area (Å²) < 4.78 is 4.94. The molecule has 0 aliphatic rings. The van der Waals surface area contributed by atoms with Crippen LogP contribution in [-0.2, 0) is 4.79 Å². The molecular formula is C13H15N3O2. The fourth-order valence-electron chi connectivity index (χ4n) is 1.63. The number of rotatable bonds is 3. The van der Waals surface area contributed by atoms with Crippen LogP contribution in [0.4, 0.5) is 11.6 Å². The standard InChI is InChI=1S/C13H15N3O2/c1-8-6-12(18-16-8)15-13(17)9(2)10-4-3-5-11(14)7-10/h3-7,9H,14H2,1-2H3,(H,15,17). The van der Waals surface area contributed by atoms with E-state index >= 15 is 0 Å². The number of benzene rings is 1. The van der Waals surface area contributed by atoms with E-state index < -0.39 is 0 Å². The van der Waals surface area contributed by atoms with Gasteiger partial charge < -0.3 is 10.3 Å². The zero-order valence-electron chi connectivity index (χ0n) is 10.3. The van der Waals surface area contributed by atoms with Crippen LogP contribution in [0.5, 0.6) is 0 Å². The molecule has 3 N–H and O–H groups in total. The van der Waals surface area contributed by atoms with E-state index in [0.717, 1.165) is 11.3 Å². The van der Waals surface area contributed by atoms with Gasteiger partial charge in [-0.05, 0) is 31.5 Å². The fourth-order valence-corrected chi connectivity index (χ4v) is 1.63. The highest BCUT2D eigenvalue weighted by Gasteiger charge is 2.16. The predicted molar refractivity (Wildman–Crippen MR) is 69.1 cm³/mol. The second-order valence-electron chi connectivity index (χ2n) is 4.21. The Morgan fingerprint density at radius 3 is 2.83 bits per heavy atom. The molecule has 0 spiro atoms. The number of carbonyl (C=O) groups excluding carboxylic acids is 1. The molecule has 0 saturated carbocycles. The highest BCUT2D eigenvalue weighted by Crippen LogP contribution is 2.20. The lowest BCUT2D eigenvalue weighted by Gasteiger charge is -2.11. The lowest BCUT2D eigenvalue weighted by Crippen LogP contribution is -2.18. The van der Waals surface area contributed by atoms with Crippen LogP contribution in [0.3, 0.4) is 0 Å².